The molecule has 4 rings (SSSR count). The van der Waals surface area contributed by atoms with E-state index in [9.17, 15) is 4.79 Å². The van der Waals surface area contributed by atoms with Crippen molar-refractivity contribution in [3.63, 3.8) is 0 Å². The maximum absolute atomic E-state index is 12.5. The predicted molar refractivity (Wildman–Crippen MR) is 103 cm³/mol. The van der Waals surface area contributed by atoms with Gasteiger partial charge in [0.25, 0.3) is 5.91 Å². The highest BCUT2D eigenvalue weighted by molar-refractivity contribution is 5.94. The number of oxazole rings is 1. The number of hydrogen-bond donors (Lipinski definition) is 1. The molecule has 1 fully saturated rings. The molecule has 0 saturated carbocycles. The second kappa shape index (κ2) is 8.05. The lowest BCUT2D eigenvalue weighted by molar-refractivity contribution is 0.0950. The maximum atomic E-state index is 12.5. The summed E-state index contributed by atoms with van der Waals surface area (Å²) in [6.07, 6.45) is 3.04. The first-order chi connectivity index (χ1) is 13.3. The number of amides is 1. The fourth-order valence-corrected chi connectivity index (χ4v) is 3.19. The molecule has 1 saturated heterocycles. The van der Waals surface area contributed by atoms with Crippen molar-refractivity contribution in [1.29, 1.82) is 0 Å². The summed E-state index contributed by atoms with van der Waals surface area (Å²) in [6, 6.07) is 15.5. The van der Waals surface area contributed by atoms with Crippen molar-refractivity contribution in [3.8, 4) is 11.3 Å². The Labute approximate surface area is 157 Å². The molecule has 138 valence electrons. The Morgan fingerprint density at radius 2 is 1.85 bits per heavy atom. The molecule has 1 amide bonds. The van der Waals surface area contributed by atoms with Gasteiger partial charge in [-0.25, -0.2) is 4.98 Å². The van der Waals surface area contributed by atoms with Crippen LogP contribution in [0.1, 0.15) is 15.9 Å². The van der Waals surface area contributed by atoms with E-state index in [4.69, 9.17) is 9.15 Å². The van der Waals surface area contributed by atoms with Crippen LogP contribution < -0.4 is 10.2 Å². The van der Waals surface area contributed by atoms with Gasteiger partial charge < -0.3 is 19.4 Å². The van der Waals surface area contributed by atoms with E-state index in [1.165, 1.54) is 6.39 Å². The van der Waals surface area contributed by atoms with Crippen molar-refractivity contribution < 1.29 is 13.9 Å². The Hall–Kier alpha value is -3.12. The van der Waals surface area contributed by atoms with Crippen LogP contribution in [-0.2, 0) is 11.3 Å². The normalized spacial score (nSPS) is 14.1. The number of ether oxygens (including phenoxy) is 1. The molecule has 0 unspecified atom stereocenters. The van der Waals surface area contributed by atoms with Crippen LogP contribution in [0.15, 0.2) is 65.5 Å². The number of anilines is 1. The van der Waals surface area contributed by atoms with E-state index in [0.29, 0.717) is 17.9 Å². The second-order valence-corrected chi connectivity index (χ2v) is 6.35. The second-order valence-electron chi connectivity index (χ2n) is 6.35. The highest BCUT2D eigenvalue weighted by Crippen LogP contribution is 2.22. The van der Waals surface area contributed by atoms with Crippen molar-refractivity contribution >= 4 is 11.6 Å². The molecule has 0 radical (unpaired) electrons. The van der Waals surface area contributed by atoms with E-state index in [2.05, 4.69) is 27.3 Å². The van der Waals surface area contributed by atoms with E-state index >= 15 is 0 Å². The fraction of sp³-hybridized carbons (Fsp3) is 0.238. The highest BCUT2D eigenvalue weighted by atomic mass is 16.5. The molecule has 27 heavy (non-hydrogen) atoms. The number of aromatic nitrogens is 1. The summed E-state index contributed by atoms with van der Waals surface area (Å²) >= 11 is 0. The number of rotatable bonds is 5. The van der Waals surface area contributed by atoms with Crippen LogP contribution in [0.25, 0.3) is 11.3 Å². The van der Waals surface area contributed by atoms with Gasteiger partial charge in [-0.1, -0.05) is 30.3 Å². The monoisotopic (exact) mass is 363 g/mol. The average Bonchev–Trinajstić information content (AvgIpc) is 3.28. The number of carbonyl (C=O) groups excluding carboxylic acids is 1. The van der Waals surface area contributed by atoms with Gasteiger partial charge in [-0.15, -0.1) is 0 Å². The SMILES string of the molecule is O=C(NCc1ccccc1N1CCOCC1)c1ccc(-c2cnco2)cc1. The number of para-hydroxylation sites is 1. The number of nitrogens with zero attached hydrogens (tertiary/aromatic N) is 2. The van der Waals surface area contributed by atoms with Gasteiger partial charge in [-0.3, -0.25) is 4.79 Å². The summed E-state index contributed by atoms with van der Waals surface area (Å²) in [7, 11) is 0. The molecule has 1 aromatic heterocycles. The first-order valence-corrected chi connectivity index (χ1v) is 8.99. The maximum Gasteiger partial charge on any atom is 0.251 e. The molecule has 6 heteroatoms. The lowest BCUT2D eigenvalue weighted by atomic mass is 10.1. The first-order valence-electron chi connectivity index (χ1n) is 8.99. The van der Waals surface area contributed by atoms with Crippen molar-refractivity contribution in [3.05, 3.63) is 72.2 Å². The molecule has 6 nitrogen and oxygen atoms in total. The summed E-state index contributed by atoms with van der Waals surface area (Å²) in [5, 5.41) is 3.02. The molecule has 0 spiro atoms. The van der Waals surface area contributed by atoms with Crippen LogP contribution in [0.4, 0.5) is 5.69 Å². The molecule has 1 aliphatic rings. The molecule has 1 aliphatic heterocycles. The van der Waals surface area contributed by atoms with Crippen molar-refractivity contribution in [2.45, 2.75) is 6.54 Å². The third-order valence-corrected chi connectivity index (χ3v) is 4.65. The molecular formula is C21H21N3O3. The van der Waals surface area contributed by atoms with Gasteiger partial charge in [0.15, 0.2) is 12.2 Å². The van der Waals surface area contributed by atoms with Gasteiger partial charge >= 0.3 is 0 Å². The molecule has 3 aromatic rings. The van der Waals surface area contributed by atoms with Crippen LogP contribution in [0.5, 0.6) is 0 Å². The quantitative estimate of drug-likeness (QED) is 0.754. The largest absolute Gasteiger partial charge is 0.444 e. The van der Waals surface area contributed by atoms with Crippen molar-refractivity contribution in [2.75, 3.05) is 31.2 Å². The van der Waals surface area contributed by atoms with E-state index in [1.807, 2.05) is 24.3 Å². The number of nitrogens with one attached hydrogen (secondary N) is 1. The van der Waals surface area contributed by atoms with Gasteiger partial charge in [-0.05, 0) is 23.8 Å². The zero-order chi connectivity index (χ0) is 18.5. The van der Waals surface area contributed by atoms with Gasteiger partial charge in [0, 0.05) is 36.4 Å². The van der Waals surface area contributed by atoms with Crippen LogP contribution in [0.3, 0.4) is 0 Å². The Bertz CT molecular complexity index is 885. The standard InChI is InChI=1S/C21H21N3O3/c25-21(17-7-5-16(6-8-17)20-14-22-15-27-20)23-13-18-3-1-2-4-19(18)24-9-11-26-12-10-24/h1-8,14-15H,9-13H2,(H,23,25). The Balaban J connectivity index is 1.42. The van der Waals surface area contributed by atoms with Gasteiger partial charge in [-0.2, -0.15) is 0 Å². The Morgan fingerprint density at radius 3 is 2.59 bits per heavy atom. The van der Waals surface area contributed by atoms with Crippen LogP contribution >= 0.6 is 0 Å². The summed E-state index contributed by atoms with van der Waals surface area (Å²) < 4.78 is 10.7. The summed E-state index contributed by atoms with van der Waals surface area (Å²) in [5.41, 5.74) is 3.76. The lowest BCUT2D eigenvalue weighted by Gasteiger charge is -2.30. The lowest BCUT2D eigenvalue weighted by Crippen LogP contribution is -2.37. The summed E-state index contributed by atoms with van der Waals surface area (Å²) in [4.78, 5) is 18.7. The number of hydrogen-bond acceptors (Lipinski definition) is 5. The molecular weight excluding hydrogens is 342 g/mol. The van der Waals surface area contributed by atoms with Crippen LogP contribution in [-0.4, -0.2) is 37.2 Å². The molecule has 2 aromatic carbocycles. The van der Waals surface area contributed by atoms with Crippen molar-refractivity contribution in [1.82, 2.24) is 10.3 Å². The first kappa shape index (κ1) is 17.3. The van der Waals surface area contributed by atoms with Crippen LogP contribution in [0.2, 0.25) is 0 Å². The summed E-state index contributed by atoms with van der Waals surface area (Å²) in [5.74, 6) is 0.581. The third-order valence-electron chi connectivity index (χ3n) is 4.65. The zero-order valence-corrected chi connectivity index (χ0v) is 14.9. The third kappa shape index (κ3) is 4.01. The molecule has 1 N–H and O–H groups in total. The van der Waals surface area contributed by atoms with Gasteiger partial charge in [0.05, 0.1) is 19.4 Å². The number of morpholine rings is 1. The molecule has 0 atom stereocenters. The summed E-state index contributed by atoms with van der Waals surface area (Å²) in [6.45, 7) is 3.69. The van der Waals surface area contributed by atoms with E-state index < -0.39 is 0 Å². The van der Waals surface area contributed by atoms with Gasteiger partial charge in [0.1, 0.15) is 0 Å². The minimum atomic E-state index is -0.101. The fourth-order valence-electron chi connectivity index (χ4n) is 3.19. The minimum absolute atomic E-state index is 0.101. The Kier molecular flexibility index (Phi) is 5.16. The van der Waals surface area contributed by atoms with Gasteiger partial charge in [0.2, 0.25) is 0 Å². The van der Waals surface area contributed by atoms with E-state index in [-0.39, 0.29) is 5.91 Å². The average molecular weight is 363 g/mol. The smallest absolute Gasteiger partial charge is 0.251 e. The minimum Gasteiger partial charge on any atom is -0.444 e. The number of carbonyl (C=O) groups is 1. The van der Waals surface area contributed by atoms with E-state index in [0.717, 1.165) is 43.1 Å². The molecule has 0 bridgehead atoms. The van der Waals surface area contributed by atoms with E-state index in [1.54, 1.807) is 18.3 Å². The highest BCUT2D eigenvalue weighted by Gasteiger charge is 2.15. The number of benzene rings is 2. The molecule has 2 heterocycles. The zero-order valence-electron chi connectivity index (χ0n) is 14.9. The topological polar surface area (TPSA) is 67.6 Å². The Morgan fingerprint density at radius 1 is 1.07 bits per heavy atom. The van der Waals surface area contributed by atoms with Crippen molar-refractivity contribution in [2.24, 2.45) is 0 Å². The van der Waals surface area contributed by atoms with Crippen LogP contribution in [0, 0.1) is 0 Å². The molecule has 0 aliphatic carbocycles. The predicted octanol–water partition coefficient (Wildman–Crippen LogP) is 3.11.